The average Bonchev–Trinajstić information content (AvgIpc) is 3.46. The monoisotopic (exact) mass is 660 g/mol. The summed E-state index contributed by atoms with van der Waals surface area (Å²) in [7, 11) is -11.0. The standard InChI is InChI=1S/C27H24N2O11S2.2Na/c30-29(31)20-8-3-5-17(13-20)16-38-25-23(19-11-12-28-15-19)14-24(22-10-4-7-18-6-1-2-9-21(18)22)26(39-41(32,33)34)27(25)40-42(35,36)37;;/h1-15,23,25-28H,16H2,(H,32,33,34)(H,35,36,37);;/q;2*+1/p-2/t23-,25-,26-,27+;;/m1../s1. The second-order valence-corrected chi connectivity index (χ2v) is 11.4. The van der Waals surface area contributed by atoms with Gasteiger partial charge < -0.3 is 18.8 Å². The molecule has 0 aliphatic heterocycles. The number of nitrogens with zero attached hydrogens (tertiary/aromatic N) is 1. The normalized spacial score (nSPS) is 20.3. The molecule has 1 N–H and O–H groups in total. The number of nitro groups is 1. The maximum atomic E-state index is 12.0. The fourth-order valence-corrected chi connectivity index (χ4v) is 6.06. The van der Waals surface area contributed by atoms with Crippen LogP contribution >= 0.6 is 0 Å². The zero-order valence-corrected chi connectivity index (χ0v) is 29.1. The summed E-state index contributed by atoms with van der Waals surface area (Å²) in [5, 5.41) is 12.6. The van der Waals surface area contributed by atoms with E-state index in [1.807, 2.05) is 0 Å². The predicted molar refractivity (Wildman–Crippen MR) is 146 cm³/mol. The molecule has 0 spiro atoms. The molecule has 0 bridgehead atoms. The molecule has 1 aliphatic carbocycles. The number of hydrogen-bond donors (Lipinski definition) is 1. The van der Waals surface area contributed by atoms with E-state index in [9.17, 15) is 36.1 Å². The molecule has 0 saturated carbocycles. The van der Waals surface area contributed by atoms with Crippen molar-refractivity contribution in [2.45, 2.75) is 30.8 Å². The molecule has 1 aromatic heterocycles. The SMILES string of the molecule is O=[N+]([O-])c1cccc(CO[C@H]2[C@H](OS(=O)(=O)[O-])[C@H](OS(=O)(=O)[O-])C(c3cccc4ccccc34)=C[C@@H]2c2cc[nH]c2)c1.[Na+].[Na+]. The van der Waals surface area contributed by atoms with Crippen LogP contribution in [0.3, 0.4) is 0 Å². The Morgan fingerprint density at radius 3 is 2.18 bits per heavy atom. The number of non-ortho nitro benzene ring substituents is 1. The molecule has 1 aliphatic rings. The van der Waals surface area contributed by atoms with Crippen molar-refractivity contribution < 1.29 is 103 Å². The fraction of sp³-hybridized carbons (Fsp3) is 0.185. The van der Waals surface area contributed by atoms with Gasteiger partial charge in [0.1, 0.15) is 12.2 Å². The van der Waals surface area contributed by atoms with Crippen LogP contribution in [0.25, 0.3) is 16.3 Å². The van der Waals surface area contributed by atoms with Crippen LogP contribution in [-0.2, 0) is 40.5 Å². The number of rotatable bonds is 10. The summed E-state index contributed by atoms with van der Waals surface area (Å²) in [5.74, 6) is -0.870. The molecule has 0 saturated heterocycles. The van der Waals surface area contributed by atoms with E-state index in [1.165, 1.54) is 24.3 Å². The molecule has 0 fully saturated rings. The molecule has 220 valence electrons. The summed E-state index contributed by atoms with van der Waals surface area (Å²) < 4.78 is 87.6. The number of nitrogens with one attached hydrogen (secondary N) is 1. The average molecular weight is 661 g/mol. The van der Waals surface area contributed by atoms with Crippen molar-refractivity contribution in [3.8, 4) is 0 Å². The number of H-pyrrole nitrogens is 1. The largest absolute Gasteiger partial charge is 1.00 e. The zero-order chi connectivity index (χ0) is 30.1. The zero-order valence-electron chi connectivity index (χ0n) is 23.4. The van der Waals surface area contributed by atoms with Crippen molar-refractivity contribution in [1.82, 2.24) is 4.98 Å². The Bertz CT molecular complexity index is 1860. The van der Waals surface area contributed by atoms with Crippen LogP contribution in [0.4, 0.5) is 5.69 Å². The Balaban J connectivity index is 0.00000264. The van der Waals surface area contributed by atoms with E-state index in [1.54, 1.807) is 67.0 Å². The first kappa shape index (κ1) is 36.5. The Morgan fingerprint density at radius 2 is 1.52 bits per heavy atom. The molecule has 17 heteroatoms. The van der Waals surface area contributed by atoms with Gasteiger partial charge in [-0.05, 0) is 39.1 Å². The predicted octanol–water partition coefficient (Wildman–Crippen LogP) is -2.46. The van der Waals surface area contributed by atoms with Crippen LogP contribution in [0.2, 0.25) is 0 Å². The summed E-state index contributed by atoms with van der Waals surface area (Å²) in [6.45, 7) is -0.333. The van der Waals surface area contributed by atoms with Gasteiger partial charge in [0, 0.05) is 30.4 Å². The summed E-state index contributed by atoms with van der Waals surface area (Å²) in [4.78, 5) is 13.5. The van der Waals surface area contributed by atoms with Gasteiger partial charge in [0.2, 0.25) is 20.8 Å². The molecule has 4 aromatic rings. The molecular weight excluding hydrogens is 638 g/mol. The van der Waals surface area contributed by atoms with Crippen LogP contribution in [-0.4, -0.2) is 54.2 Å². The second-order valence-electron chi connectivity index (χ2n) is 9.42. The third kappa shape index (κ3) is 8.85. The van der Waals surface area contributed by atoms with Crippen molar-refractivity contribution >= 4 is 42.8 Å². The number of ether oxygens (including phenoxy) is 1. The topological polar surface area (TPSA) is 201 Å². The van der Waals surface area contributed by atoms with Crippen molar-refractivity contribution in [2.75, 3.05) is 0 Å². The van der Waals surface area contributed by atoms with Gasteiger partial charge in [-0.2, -0.15) is 0 Å². The molecule has 44 heavy (non-hydrogen) atoms. The Labute approximate surface area is 297 Å². The van der Waals surface area contributed by atoms with Crippen LogP contribution in [0.5, 0.6) is 0 Å². The van der Waals surface area contributed by atoms with E-state index >= 15 is 0 Å². The van der Waals surface area contributed by atoms with Gasteiger partial charge in [-0.15, -0.1) is 0 Å². The number of nitro benzene ring substituents is 1. The van der Waals surface area contributed by atoms with Gasteiger partial charge in [0.15, 0.2) is 0 Å². The molecular formula is C27H22N2Na2O11S2. The Kier molecular flexibility index (Phi) is 12.5. The quantitative estimate of drug-likeness (QED) is 0.0622. The Morgan fingerprint density at radius 1 is 0.841 bits per heavy atom. The second kappa shape index (κ2) is 15.1. The molecule has 0 amide bonds. The summed E-state index contributed by atoms with van der Waals surface area (Å²) >= 11 is 0. The molecule has 0 unspecified atom stereocenters. The number of aromatic nitrogens is 1. The van der Waals surface area contributed by atoms with Crippen LogP contribution in [0.1, 0.15) is 22.6 Å². The van der Waals surface area contributed by atoms with E-state index in [2.05, 4.69) is 4.98 Å². The van der Waals surface area contributed by atoms with Crippen molar-refractivity contribution in [3.63, 3.8) is 0 Å². The third-order valence-electron chi connectivity index (χ3n) is 6.76. The van der Waals surface area contributed by atoms with E-state index in [0.717, 1.165) is 5.39 Å². The van der Waals surface area contributed by atoms with Gasteiger partial charge >= 0.3 is 59.1 Å². The van der Waals surface area contributed by atoms with Crippen LogP contribution in [0.15, 0.2) is 91.3 Å². The maximum Gasteiger partial charge on any atom is 1.00 e. The van der Waals surface area contributed by atoms with Crippen LogP contribution in [0, 0.1) is 10.1 Å². The van der Waals surface area contributed by atoms with Gasteiger partial charge in [-0.3, -0.25) is 18.5 Å². The van der Waals surface area contributed by atoms with Crippen molar-refractivity contribution in [1.29, 1.82) is 0 Å². The Hall–Kier alpha value is -1.96. The smallest absolute Gasteiger partial charge is 0.726 e. The maximum absolute atomic E-state index is 12.0. The minimum Gasteiger partial charge on any atom is -0.726 e. The number of benzene rings is 3. The summed E-state index contributed by atoms with van der Waals surface area (Å²) in [6, 6.07) is 19.3. The minimum atomic E-state index is -5.52. The first-order chi connectivity index (χ1) is 19.9. The number of aromatic amines is 1. The van der Waals surface area contributed by atoms with E-state index in [4.69, 9.17) is 13.1 Å². The molecule has 4 atom stereocenters. The van der Waals surface area contributed by atoms with Gasteiger partial charge in [-0.25, -0.2) is 16.8 Å². The fourth-order valence-electron chi connectivity index (χ4n) is 5.11. The van der Waals surface area contributed by atoms with Gasteiger partial charge in [0.25, 0.3) is 5.69 Å². The first-order valence-corrected chi connectivity index (χ1v) is 15.0. The van der Waals surface area contributed by atoms with Crippen molar-refractivity contribution in [2.24, 2.45) is 0 Å². The van der Waals surface area contributed by atoms with E-state index in [0.29, 0.717) is 22.1 Å². The van der Waals surface area contributed by atoms with Crippen LogP contribution < -0.4 is 59.1 Å². The molecule has 0 radical (unpaired) electrons. The van der Waals surface area contributed by atoms with Crippen molar-refractivity contribution in [3.05, 3.63) is 118 Å². The molecule has 13 nitrogen and oxygen atoms in total. The third-order valence-corrected chi connectivity index (χ3v) is 7.66. The molecule has 5 rings (SSSR count). The summed E-state index contributed by atoms with van der Waals surface area (Å²) in [6.07, 6.45) is -0.574. The van der Waals surface area contributed by atoms with E-state index in [-0.39, 0.29) is 77.0 Å². The van der Waals surface area contributed by atoms with Gasteiger partial charge in [-0.1, -0.05) is 60.7 Å². The first-order valence-electron chi connectivity index (χ1n) is 12.4. The number of fused-ring (bicyclic) bond motifs is 1. The summed E-state index contributed by atoms with van der Waals surface area (Å²) in [5.41, 5.74) is 1.10. The van der Waals surface area contributed by atoms with Gasteiger partial charge in [0.05, 0.1) is 17.6 Å². The van der Waals surface area contributed by atoms with E-state index < -0.39 is 50.0 Å². The minimum absolute atomic E-state index is 0. The molecule has 1 heterocycles. The number of hydrogen-bond acceptors (Lipinski definition) is 11. The molecule has 3 aromatic carbocycles.